The smallest absolute Gasteiger partial charge is 0.255 e. The molecule has 0 spiro atoms. The number of nitrogen functional groups attached to an aromatic ring is 1. The Kier molecular flexibility index (Phi) is 1.93. The Morgan fingerprint density at radius 2 is 2.07 bits per heavy atom. The van der Waals surface area contributed by atoms with E-state index in [9.17, 15) is 9.59 Å². The summed E-state index contributed by atoms with van der Waals surface area (Å²) < 4.78 is 5.08. The molecule has 1 aromatic carbocycles. The normalized spacial score (nSPS) is 10.4. The minimum atomic E-state index is -0.812. The van der Waals surface area contributed by atoms with Crippen LogP contribution in [0.5, 0.6) is 0 Å². The van der Waals surface area contributed by atoms with Crippen LogP contribution in [0.2, 0.25) is 0 Å². The van der Waals surface area contributed by atoms with Crippen LogP contribution < -0.4 is 16.9 Å². The molecule has 2 aromatic rings. The van der Waals surface area contributed by atoms with Gasteiger partial charge in [0.05, 0.1) is 5.39 Å². The Labute approximate surface area is 84.3 Å². The summed E-state index contributed by atoms with van der Waals surface area (Å²) in [5.41, 5.74) is 10.7. The first-order valence-electron chi connectivity index (χ1n) is 4.20. The fourth-order valence-corrected chi connectivity index (χ4v) is 1.32. The summed E-state index contributed by atoms with van der Waals surface area (Å²) in [6, 6.07) is 4.62. The Morgan fingerprint density at radius 3 is 2.73 bits per heavy atom. The van der Waals surface area contributed by atoms with Gasteiger partial charge < -0.3 is 15.9 Å². The van der Waals surface area contributed by atoms with E-state index in [1.807, 2.05) is 0 Å². The molecule has 1 amide bonds. The van der Waals surface area contributed by atoms with Crippen molar-refractivity contribution < 1.29 is 9.21 Å². The van der Waals surface area contributed by atoms with Crippen molar-refractivity contribution in [2.24, 2.45) is 5.73 Å². The highest BCUT2D eigenvalue weighted by Crippen LogP contribution is 2.14. The predicted octanol–water partition coefficient (Wildman–Crippen LogP) is 0.474. The molecule has 0 bridgehead atoms. The molecule has 2 rings (SSSR count). The van der Waals surface area contributed by atoms with E-state index in [4.69, 9.17) is 15.9 Å². The molecule has 5 heteroatoms. The SMILES string of the molecule is NC(=O)c1coc2ccc(N)cc2c1=O. The van der Waals surface area contributed by atoms with Gasteiger partial charge in [0.15, 0.2) is 0 Å². The van der Waals surface area contributed by atoms with Gasteiger partial charge in [-0.1, -0.05) is 0 Å². The highest BCUT2D eigenvalue weighted by Gasteiger charge is 2.11. The minimum absolute atomic E-state index is 0.173. The van der Waals surface area contributed by atoms with Crippen molar-refractivity contribution in [1.29, 1.82) is 0 Å². The summed E-state index contributed by atoms with van der Waals surface area (Å²) in [5.74, 6) is -0.812. The number of primary amides is 1. The maximum atomic E-state index is 11.7. The van der Waals surface area contributed by atoms with E-state index in [0.717, 1.165) is 6.26 Å². The average molecular weight is 204 g/mol. The molecule has 0 aliphatic heterocycles. The number of nitrogens with two attached hydrogens (primary N) is 2. The number of anilines is 1. The van der Waals surface area contributed by atoms with Crippen molar-refractivity contribution in [3.05, 3.63) is 40.2 Å². The molecule has 1 heterocycles. The molecule has 5 nitrogen and oxygen atoms in total. The van der Waals surface area contributed by atoms with E-state index in [-0.39, 0.29) is 10.9 Å². The highest BCUT2D eigenvalue weighted by molar-refractivity contribution is 5.95. The highest BCUT2D eigenvalue weighted by atomic mass is 16.3. The van der Waals surface area contributed by atoms with Crippen molar-refractivity contribution in [3.63, 3.8) is 0 Å². The molecular formula is C10H8N2O3. The molecule has 0 radical (unpaired) electrons. The van der Waals surface area contributed by atoms with Crippen LogP contribution >= 0.6 is 0 Å². The zero-order valence-electron chi connectivity index (χ0n) is 7.69. The molecule has 0 aliphatic carbocycles. The summed E-state index contributed by atoms with van der Waals surface area (Å²) in [5, 5.41) is 0.256. The molecule has 15 heavy (non-hydrogen) atoms. The lowest BCUT2D eigenvalue weighted by atomic mass is 10.1. The summed E-state index contributed by atoms with van der Waals surface area (Å²) in [7, 11) is 0. The maximum Gasteiger partial charge on any atom is 0.255 e. The van der Waals surface area contributed by atoms with E-state index in [2.05, 4.69) is 0 Å². The number of carbonyl (C=O) groups excluding carboxylic acids is 1. The zero-order chi connectivity index (χ0) is 11.0. The molecule has 0 saturated heterocycles. The van der Waals surface area contributed by atoms with Crippen LogP contribution in [0.4, 0.5) is 5.69 Å². The van der Waals surface area contributed by atoms with Gasteiger partial charge in [0.2, 0.25) is 5.43 Å². The monoisotopic (exact) mass is 204 g/mol. The fraction of sp³-hybridized carbons (Fsp3) is 0. The van der Waals surface area contributed by atoms with E-state index in [1.54, 1.807) is 12.1 Å². The number of hydrogen-bond donors (Lipinski definition) is 2. The first-order valence-corrected chi connectivity index (χ1v) is 4.20. The zero-order valence-corrected chi connectivity index (χ0v) is 7.69. The van der Waals surface area contributed by atoms with Gasteiger partial charge in [-0.3, -0.25) is 9.59 Å². The standard InChI is InChI=1S/C10H8N2O3/c11-5-1-2-8-6(3-5)9(13)7(4-15-8)10(12)14/h1-4H,11H2,(H2,12,14). The van der Waals surface area contributed by atoms with E-state index >= 15 is 0 Å². The third kappa shape index (κ3) is 1.43. The second-order valence-electron chi connectivity index (χ2n) is 3.10. The van der Waals surface area contributed by atoms with Gasteiger partial charge in [0.25, 0.3) is 5.91 Å². The van der Waals surface area contributed by atoms with Gasteiger partial charge in [-0.2, -0.15) is 0 Å². The van der Waals surface area contributed by atoms with E-state index < -0.39 is 11.3 Å². The Hall–Kier alpha value is -2.30. The van der Waals surface area contributed by atoms with Gasteiger partial charge in [-0.25, -0.2) is 0 Å². The molecule has 0 aliphatic rings. The predicted molar refractivity (Wildman–Crippen MR) is 55.4 cm³/mol. The van der Waals surface area contributed by atoms with Gasteiger partial charge in [0.1, 0.15) is 17.4 Å². The Morgan fingerprint density at radius 1 is 1.33 bits per heavy atom. The largest absolute Gasteiger partial charge is 0.463 e. The van der Waals surface area contributed by atoms with Crippen molar-refractivity contribution in [2.45, 2.75) is 0 Å². The molecule has 0 saturated carbocycles. The quantitative estimate of drug-likeness (QED) is 0.659. The lowest BCUT2D eigenvalue weighted by Gasteiger charge is -1.99. The molecule has 4 N–H and O–H groups in total. The topological polar surface area (TPSA) is 99.3 Å². The Bertz CT molecular complexity index is 601. The lowest BCUT2D eigenvalue weighted by Crippen LogP contribution is -2.21. The number of rotatable bonds is 1. The lowest BCUT2D eigenvalue weighted by molar-refractivity contribution is 0.0997. The van der Waals surface area contributed by atoms with Crippen molar-refractivity contribution in [2.75, 3.05) is 5.73 Å². The van der Waals surface area contributed by atoms with Crippen LogP contribution in [0.15, 0.2) is 33.7 Å². The summed E-state index contributed by atoms with van der Waals surface area (Å²) in [6.45, 7) is 0. The van der Waals surface area contributed by atoms with Crippen molar-refractivity contribution in [1.82, 2.24) is 0 Å². The summed E-state index contributed by atoms with van der Waals surface area (Å²) in [4.78, 5) is 22.6. The second kappa shape index (κ2) is 3.13. The number of amides is 1. The molecule has 0 unspecified atom stereocenters. The number of carbonyl (C=O) groups is 1. The fourth-order valence-electron chi connectivity index (χ4n) is 1.32. The average Bonchev–Trinajstić information content (AvgIpc) is 2.19. The van der Waals surface area contributed by atoms with Crippen LogP contribution in [0, 0.1) is 0 Å². The second-order valence-corrected chi connectivity index (χ2v) is 3.10. The maximum absolute atomic E-state index is 11.7. The first-order chi connectivity index (χ1) is 7.09. The van der Waals surface area contributed by atoms with Gasteiger partial charge in [0, 0.05) is 5.69 Å². The summed E-state index contributed by atoms with van der Waals surface area (Å²) >= 11 is 0. The van der Waals surface area contributed by atoms with Crippen molar-refractivity contribution >= 4 is 22.6 Å². The summed E-state index contributed by atoms with van der Waals surface area (Å²) in [6.07, 6.45) is 1.06. The number of hydrogen-bond acceptors (Lipinski definition) is 4. The molecule has 76 valence electrons. The van der Waals surface area contributed by atoms with Gasteiger partial charge >= 0.3 is 0 Å². The van der Waals surface area contributed by atoms with Crippen LogP contribution in [0.1, 0.15) is 10.4 Å². The first kappa shape index (κ1) is 9.26. The van der Waals surface area contributed by atoms with E-state index in [1.165, 1.54) is 6.07 Å². The van der Waals surface area contributed by atoms with Gasteiger partial charge in [-0.05, 0) is 18.2 Å². The van der Waals surface area contributed by atoms with Crippen molar-refractivity contribution in [3.8, 4) is 0 Å². The molecule has 1 aromatic heterocycles. The molecule has 0 fully saturated rings. The van der Waals surface area contributed by atoms with Crippen LogP contribution in [-0.2, 0) is 0 Å². The minimum Gasteiger partial charge on any atom is -0.463 e. The van der Waals surface area contributed by atoms with Crippen LogP contribution in [-0.4, -0.2) is 5.91 Å². The number of benzene rings is 1. The van der Waals surface area contributed by atoms with Gasteiger partial charge in [-0.15, -0.1) is 0 Å². The van der Waals surface area contributed by atoms with E-state index in [0.29, 0.717) is 11.3 Å². The third-order valence-corrected chi connectivity index (χ3v) is 2.06. The molecular weight excluding hydrogens is 196 g/mol. The third-order valence-electron chi connectivity index (χ3n) is 2.06. The van der Waals surface area contributed by atoms with Crippen LogP contribution in [0.25, 0.3) is 11.0 Å². The number of fused-ring (bicyclic) bond motifs is 1. The molecule has 0 atom stereocenters. The van der Waals surface area contributed by atoms with Crippen LogP contribution in [0.3, 0.4) is 0 Å². The Balaban J connectivity index is 2.89.